The Labute approximate surface area is 220 Å². The Hall–Kier alpha value is -3.79. The summed E-state index contributed by atoms with van der Waals surface area (Å²) in [6.45, 7) is 1.81. The molecule has 1 aliphatic carbocycles. The summed E-state index contributed by atoms with van der Waals surface area (Å²) < 4.78 is 9.44. The zero-order valence-electron chi connectivity index (χ0n) is 21.3. The van der Waals surface area contributed by atoms with Crippen molar-refractivity contribution in [2.75, 3.05) is 18.5 Å². The monoisotopic (exact) mass is 516 g/mol. The Balaban J connectivity index is 1.18. The van der Waals surface area contributed by atoms with Crippen LogP contribution in [0.3, 0.4) is 0 Å². The van der Waals surface area contributed by atoms with Gasteiger partial charge in [0.2, 0.25) is 5.91 Å². The third kappa shape index (κ3) is 4.64. The zero-order chi connectivity index (χ0) is 26.1. The number of anilines is 1. The normalized spacial score (nSPS) is 23.4. The van der Waals surface area contributed by atoms with Gasteiger partial charge in [-0.2, -0.15) is 10.2 Å². The molecule has 10 heteroatoms. The lowest BCUT2D eigenvalue weighted by Crippen LogP contribution is -2.38. The highest BCUT2D eigenvalue weighted by Gasteiger charge is 2.37. The molecule has 1 aromatic carbocycles. The number of nitrogens with one attached hydrogen (secondary N) is 2. The lowest BCUT2D eigenvalue weighted by Gasteiger charge is -2.29. The Morgan fingerprint density at radius 2 is 1.76 bits per heavy atom. The molecule has 0 radical (unpaired) electrons. The molecule has 3 aromatic rings. The third-order valence-corrected chi connectivity index (χ3v) is 7.92. The van der Waals surface area contributed by atoms with E-state index in [-0.39, 0.29) is 23.8 Å². The number of benzene rings is 1. The highest BCUT2D eigenvalue weighted by Crippen LogP contribution is 2.35. The molecule has 2 aliphatic heterocycles. The number of hydrogen-bond acceptors (Lipinski definition) is 6. The van der Waals surface area contributed by atoms with E-state index in [2.05, 4.69) is 20.8 Å². The number of amides is 2. The Kier molecular flexibility index (Phi) is 6.80. The molecular formula is C28H32N6O4. The summed E-state index contributed by atoms with van der Waals surface area (Å²) in [5.41, 5.74) is 3.28. The van der Waals surface area contributed by atoms with Crippen molar-refractivity contribution in [2.24, 2.45) is 11.8 Å². The number of hydrogen-bond donors (Lipinski definition) is 2. The van der Waals surface area contributed by atoms with Crippen molar-refractivity contribution in [3.8, 4) is 11.3 Å². The largest absolute Gasteiger partial charge is 0.356 e. The van der Waals surface area contributed by atoms with Crippen molar-refractivity contribution in [2.45, 2.75) is 57.7 Å². The number of aromatic nitrogens is 4. The summed E-state index contributed by atoms with van der Waals surface area (Å²) in [5, 5.41) is 14.4. The van der Waals surface area contributed by atoms with Crippen LogP contribution >= 0.6 is 0 Å². The highest BCUT2D eigenvalue weighted by atomic mass is 16.5. The molecule has 2 aromatic heterocycles. The molecule has 1 unspecified atom stereocenters. The van der Waals surface area contributed by atoms with E-state index in [0.29, 0.717) is 42.9 Å². The Morgan fingerprint density at radius 1 is 0.974 bits per heavy atom. The van der Waals surface area contributed by atoms with Gasteiger partial charge in [0.25, 0.3) is 5.91 Å². The predicted molar refractivity (Wildman–Crippen MR) is 139 cm³/mol. The van der Waals surface area contributed by atoms with E-state index in [4.69, 9.17) is 4.74 Å². The number of fused-ring (bicyclic) bond motifs is 1. The van der Waals surface area contributed by atoms with Crippen LogP contribution in [0.1, 0.15) is 72.0 Å². The fraction of sp³-hybridized carbons (Fsp3) is 0.464. The van der Waals surface area contributed by atoms with Crippen LogP contribution in [0.15, 0.2) is 42.7 Å². The maximum Gasteiger partial charge on any atom is 0.271 e. The molecule has 1 saturated heterocycles. The van der Waals surface area contributed by atoms with E-state index in [1.54, 1.807) is 10.9 Å². The molecule has 2 amide bonds. The molecule has 2 N–H and O–H groups in total. The van der Waals surface area contributed by atoms with E-state index >= 15 is 0 Å². The summed E-state index contributed by atoms with van der Waals surface area (Å²) in [6.07, 6.45) is 9.44. The van der Waals surface area contributed by atoms with Crippen LogP contribution in [0.5, 0.6) is 0 Å². The number of ketones is 1. The first-order valence-corrected chi connectivity index (χ1v) is 13.5. The van der Waals surface area contributed by atoms with Crippen LogP contribution in [0, 0.1) is 11.8 Å². The number of Topliss-reactive ketones (excluding diaryl/α,β-unsaturated/α-hetero) is 1. The van der Waals surface area contributed by atoms with Gasteiger partial charge < -0.3 is 15.4 Å². The molecule has 4 heterocycles. The van der Waals surface area contributed by atoms with Crippen molar-refractivity contribution < 1.29 is 19.1 Å². The topological polar surface area (TPSA) is 120 Å². The molecule has 0 bridgehead atoms. The fourth-order valence-electron chi connectivity index (χ4n) is 5.94. The van der Waals surface area contributed by atoms with Gasteiger partial charge in [-0.3, -0.25) is 19.1 Å². The minimum absolute atomic E-state index is 0.0182. The summed E-state index contributed by atoms with van der Waals surface area (Å²) in [4.78, 5) is 39.3. The summed E-state index contributed by atoms with van der Waals surface area (Å²) in [5.74, 6) is -1.36. The predicted octanol–water partition coefficient (Wildman–Crippen LogP) is 3.82. The average molecular weight is 517 g/mol. The molecule has 2 fully saturated rings. The molecule has 10 nitrogen and oxygen atoms in total. The number of carbonyl (C=O) groups excluding carboxylic acids is 3. The highest BCUT2D eigenvalue weighted by molar-refractivity contribution is 6.06. The molecule has 0 spiro atoms. The van der Waals surface area contributed by atoms with Gasteiger partial charge in [-0.05, 0) is 43.7 Å². The molecule has 38 heavy (non-hydrogen) atoms. The van der Waals surface area contributed by atoms with E-state index in [0.717, 1.165) is 50.0 Å². The van der Waals surface area contributed by atoms with Gasteiger partial charge in [-0.1, -0.05) is 37.1 Å². The second kappa shape index (κ2) is 10.5. The molecular weight excluding hydrogens is 484 g/mol. The van der Waals surface area contributed by atoms with E-state index < -0.39 is 11.8 Å². The molecule has 1 saturated carbocycles. The number of rotatable bonds is 6. The van der Waals surface area contributed by atoms with Crippen molar-refractivity contribution in [3.05, 3.63) is 54.0 Å². The first kappa shape index (κ1) is 24.5. The van der Waals surface area contributed by atoms with Gasteiger partial charge in [-0.15, -0.1) is 0 Å². The fourth-order valence-corrected chi connectivity index (χ4v) is 5.94. The van der Waals surface area contributed by atoms with Crippen LogP contribution < -0.4 is 10.6 Å². The van der Waals surface area contributed by atoms with Crippen LogP contribution in [0.2, 0.25) is 0 Å². The van der Waals surface area contributed by atoms with Gasteiger partial charge in [0, 0.05) is 36.7 Å². The lowest BCUT2D eigenvalue weighted by molar-refractivity contribution is -0.122. The van der Waals surface area contributed by atoms with Crippen LogP contribution in [-0.2, 0) is 16.1 Å². The zero-order valence-corrected chi connectivity index (χ0v) is 21.3. The number of ether oxygens (including phenoxy) is 1. The Morgan fingerprint density at radius 3 is 2.55 bits per heavy atom. The van der Waals surface area contributed by atoms with E-state index in [9.17, 15) is 14.4 Å². The maximum absolute atomic E-state index is 13.6. The standard InChI is InChI=1S/C28H32N6O4/c35-26(19-10-8-18(9-11-19)23-12-13-30-34(23)24-7-3-4-16-38-24)20-5-1-2-6-21(20)27(36)32-22-17-31-33-15-14-29-28(37)25(22)33/h8-13,17,20-21,24H,1-7,14-16H2,(H,29,37)(H,32,36)/t20-,21-,24?/m1/s1. The van der Waals surface area contributed by atoms with Crippen LogP contribution in [-0.4, -0.2) is 50.3 Å². The van der Waals surface area contributed by atoms with Crippen LogP contribution in [0.25, 0.3) is 11.3 Å². The van der Waals surface area contributed by atoms with Gasteiger partial charge >= 0.3 is 0 Å². The SMILES string of the molecule is O=C1NCCn2ncc(NC(=O)[C@@H]3CCCC[C@H]3C(=O)c3ccc(-c4ccnn4C4CCCCO4)cc3)c21. The van der Waals surface area contributed by atoms with E-state index in [1.165, 1.54) is 6.20 Å². The first-order chi connectivity index (χ1) is 18.6. The number of nitrogens with zero attached hydrogens (tertiary/aromatic N) is 4. The molecule has 6 rings (SSSR count). The Bertz CT molecular complexity index is 1340. The average Bonchev–Trinajstić information content (AvgIpc) is 3.62. The second-order valence-electron chi connectivity index (χ2n) is 10.3. The molecule has 3 atom stereocenters. The summed E-state index contributed by atoms with van der Waals surface area (Å²) >= 11 is 0. The van der Waals surface area contributed by atoms with Gasteiger partial charge in [0.1, 0.15) is 5.69 Å². The lowest BCUT2D eigenvalue weighted by atomic mass is 9.75. The van der Waals surface area contributed by atoms with Crippen molar-refractivity contribution in [1.82, 2.24) is 24.9 Å². The maximum atomic E-state index is 13.6. The first-order valence-electron chi connectivity index (χ1n) is 13.5. The van der Waals surface area contributed by atoms with Crippen molar-refractivity contribution in [3.63, 3.8) is 0 Å². The number of carbonyl (C=O) groups is 3. The van der Waals surface area contributed by atoms with Crippen molar-refractivity contribution >= 4 is 23.3 Å². The van der Waals surface area contributed by atoms with Crippen molar-refractivity contribution in [1.29, 1.82) is 0 Å². The van der Waals surface area contributed by atoms with Gasteiger partial charge in [0.05, 0.1) is 24.1 Å². The van der Waals surface area contributed by atoms with Gasteiger partial charge in [-0.25, -0.2) is 4.68 Å². The molecule has 3 aliphatic rings. The second-order valence-corrected chi connectivity index (χ2v) is 10.3. The van der Waals surface area contributed by atoms with E-state index in [1.807, 2.05) is 35.0 Å². The summed E-state index contributed by atoms with van der Waals surface area (Å²) in [6, 6.07) is 9.54. The third-order valence-electron chi connectivity index (χ3n) is 7.92. The summed E-state index contributed by atoms with van der Waals surface area (Å²) in [7, 11) is 0. The minimum atomic E-state index is -0.456. The smallest absolute Gasteiger partial charge is 0.271 e. The van der Waals surface area contributed by atoms with Crippen LogP contribution in [0.4, 0.5) is 5.69 Å². The van der Waals surface area contributed by atoms with Gasteiger partial charge in [0.15, 0.2) is 12.0 Å². The quantitative estimate of drug-likeness (QED) is 0.481. The molecule has 198 valence electrons. The minimum Gasteiger partial charge on any atom is -0.356 e.